The van der Waals surface area contributed by atoms with Gasteiger partial charge in [0.2, 0.25) is 5.91 Å². The van der Waals surface area contributed by atoms with E-state index >= 15 is 0 Å². The Labute approximate surface area is 176 Å². The summed E-state index contributed by atoms with van der Waals surface area (Å²) in [6.45, 7) is 11.9. The second kappa shape index (κ2) is 8.97. The van der Waals surface area contributed by atoms with Gasteiger partial charge in [0, 0.05) is 36.7 Å². The molecule has 0 radical (unpaired) electrons. The fourth-order valence-corrected chi connectivity index (χ4v) is 4.72. The highest BCUT2D eigenvalue weighted by Gasteiger charge is 2.24. The van der Waals surface area contributed by atoms with Gasteiger partial charge in [-0.05, 0) is 50.5 Å². The third kappa shape index (κ3) is 4.62. The van der Waals surface area contributed by atoms with Crippen LogP contribution in [0.4, 0.5) is 10.7 Å². The standard InChI is InChI=1S/C22H29N3O3S/c1-14-7-6-8-18(15(14)2)25-11-9-24(10-12-25)13-19(26)23-21-20(22(27)28-5)16(3)17(4)29-21/h6-8H,9-13H2,1-5H3,(H,23,26). The number of thiophene rings is 1. The highest BCUT2D eigenvalue weighted by molar-refractivity contribution is 7.16. The van der Waals surface area contributed by atoms with Gasteiger partial charge in [0.05, 0.1) is 19.2 Å². The third-order valence-electron chi connectivity index (χ3n) is 5.68. The molecule has 7 heteroatoms. The number of esters is 1. The summed E-state index contributed by atoms with van der Waals surface area (Å²) in [7, 11) is 1.36. The number of carbonyl (C=O) groups is 2. The summed E-state index contributed by atoms with van der Waals surface area (Å²) in [5.74, 6) is -0.513. The van der Waals surface area contributed by atoms with Crippen molar-refractivity contribution in [1.29, 1.82) is 0 Å². The zero-order valence-electron chi connectivity index (χ0n) is 17.8. The fraction of sp³-hybridized carbons (Fsp3) is 0.455. The summed E-state index contributed by atoms with van der Waals surface area (Å²) in [4.78, 5) is 30.2. The highest BCUT2D eigenvalue weighted by Crippen LogP contribution is 2.33. The lowest BCUT2D eigenvalue weighted by molar-refractivity contribution is -0.117. The molecule has 3 rings (SSSR count). The van der Waals surface area contributed by atoms with Gasteiger partial charge in [-0.25, -0.2) is 4.79 Å². The first kappa shape index (κ1) is 21.3. The Balaban J connectivity index is 1.59. The number of aryl methyl sites for hydroxylation is 2. The predicted octanol–water partition coefficient (Wildman–Crippen LogP) is 3.53. The molecule has 0 saturated carbocycles. The van der Waals surface area contributed by atoms with Crippen LogP contribution in [0.5, 0.6) is 0 Å². The molecule has 0 bridgehead atoms. The summed E-state index contributed by atoms with van der Waals surface area (Å²) in [5, 5.41) is 3.49. The van der Waals surface area contributed by atoms with Gasteiger partial charge in [-0.15, -0.1) is 11.3 Å². The Morgan fingerprint density at radius 3 is 2.41 bits per heavy atom. The van der Waals surface area contributed by atoms with E-state index in [4.69, 9.17) is 4.74 Å². The number of amides is 1. The minimum Gasteiger partial charge on any atom is -0.465 e. The summed E-state index contributed by atoms with van der Waals surface area (Å²) in [6.07, 6.45) is 0. The number of methoxy groups -OCH3 is 1. The van der Waals surface area contributed by atoms with Crippen molar-refractivity contribution in [3.8, 4) is 0 Å². The zero-order valence-corrected chi connectivity index (χ0v) is 18.6. The molecule has 2 aromatic rings. The summed E-state index contributed by atoms with van der Waals surface area (Å²) in [6, 6.07) is 6.40. The van der Waals surface area contributed by atoms with E-state index < -0.39 is 5.97 Å². The Bertz CT molecular complexity index is 914. The quantitative estimate of drug-likeness (QED) is 0.757. The molecule has 1 aliphatic heterocycles. The number of rotatable bonds is 5. The van der Waals surface area contributed by atoms with Crippen molar-refractivity contribution >= 4 is 33.9 Å². The average Bonchev–Trinajstić information content (AvgIpc) is 2.97. The Morgan fingerprint density at radius 1 is 1.07 bits per heavy atom. The van der Waals surface area contributed by atoms with Gasteiger partial charge in [-0.2, -0.15) is 0 Å². The first-order valence-electron chi connectivity index (χ1n) is 9.83. The minimum absolute atomic E-state index is 0.100. The van der Waals surface area contributed by atoms with Crippen LogP contribution in [0, 0.1) is 27.7 Å². The number of ether oxygens (including phenoxy) is 1. The molecule has 1 aromatic carbocycles. The molecule has 156 valence electrons. The monoisotopic (exact) mass is 415 g/mol. The average molecular weight is 416 g/mol. The molecule has 6 nitrogen and oxygen atoms in total. The largest absolute Gasteiger partial charge is 0.465 e. The van der Waals surface area contributed by atoms with Gasteiger partial charge in [0.1, 0.15) is 5.00 Å². The normalized spacial score (nSPS) is 14.7. The van der Waals surface area contributed by atoms with Crippen molar-refractivity contribution in [1.82, 2.24) is 4.90 Å². The van der Waals surface area contributed by atoms with Gasteiger partial charge < -0.3 is 15.0 Å². The number of benzene rings is 1. The maximum absolute atomic E-state index is 12.6. The van der Waals surface area contributed by atoms with Crippen LogP contribution < -0.4 is 10.2 Å². The minimum atomic E-state index is -0.413. The number of carbonyl (C=O) groups excluding carboxylic acids is 2. The first-order chi connectivity index (χ1) is 13.8. The smallest absolute Gasteiger partial charge is 0.341 e. The Kier molecular flexibility index (Phi) is 6.59. The number of hydrogen-bond donors (Lipinski definition) is 1. The maximum Gasteiger partial charge on any atom is 0.341 e. The van der Waals surface area contributed by atoms with Gasteiger partial charge in [-0.1, -0.05) is 12.1 Å². The lowest BCUT2D eigenvalue weighted by atomic mass is 10.1. The number of piperazine rings is 1. The third-order valence-corrected chi connectivity index (χ3v) is 6.81. The second-order valence-electron chi connectivity index (χ2n) is 7.51. The van der Waals surface area contributed by atoms with E-state index in [-0.39, 0.29) is 5.91 Å². The molecular weight excluding hydrogens is 386 g/mol. The lowest BCUT2D eigenvalue weighted by Gasteiger charge is -2.36. The van der Waals surface area contributed by atoms with Crippen molar-refractivity contribution in [3.63, 3.8) is 0 Å². The molecule has 0 aliphatic carbocycles. The van der Waals surface area contributed by atoms with Crippen molar-refractivity contribution in [2.75, 3.05) is 50.1 Å². The van der Waals surface area contributed by atoms with Gasteiger partial charge in [0.15, 0.2) is 0 Å². The molecule has 0 spiro atoms. The van der Waals surface area contributed by atoms with Crippen LogP contribution in [-0.4, -0.2) is 56.6 Å². The van der Waals surface area contributed by atoms with Crippen LogP contribution in [0.25, 0.3) is 0 Å². The zero-order chi connectivity index (χ0) is 21.1. The van der Waals surface area contributed by atoms with E-state index in [2.05, 4.69) is 47.2 Å². The Morgan fingerprint density at radius 2 is 1.76 bits per heavy atom. The summed E-state index contributed by atoms with van der Waals surface area (Å²) >= 11 is 1.42. The van der Waals surface area contributed by atoms with E-state index in [1.165, 1.54) is 35.3 Å². The van der Waals surface area contributed by atoms with Crippen molar-refractivity contribution in [3.05, 3.63) is 45.3 Å². The first-order valence-corrected chi connectivity index (χ1v) is 10.6. The molecule has 2 heterocycles. The fourth-order valence-electron chi connectivity index (χ4n) is 3.66. The molecule has 1 aliphatic rings. The van der Waals surface area contributed by atoms with Crippen LogP contribution >= 0.6 is 11.3 Å². The molecule has 1 fully saturated rings. The predicted molar refractivity (Wildman–Crippen MR) is 118 cm³/mol. The van der Waals surface area contributed by atoms with Crippen LogP contribution in [0.3, 0.4) is 0 Å². The van der Waals surface area contributed by atoms with Crippen LogP contribution in [-0.2, 0) is 9.53 Å². The highest BCUT2D eigenvalue weighted by atomic mass is 32.1. The number of hydrogen-bond acceptors (Lipinski definition) is 6. The van der Waals surface area contributed by atoms with E-state index in [0.29, 0.717) is 17.1 Å². The van der Waals surface area contributed by atoms with E-state index in [1.807, 2.05) is 13.8 Å². The summed E-state index contributed by atoms with van der Waals surface area (Å²) < 4.78 is 4.87. The number of nitrogens with one attached hydrogen (secondary N) is 1. The Hall–Kier alpha value is -2.38. The van der Waals surface area contributed by atoms with Crippen molar-refractivity contribution < 1.29 is 14.3 Å². The molecule has 0 unspecified atom stereocenters. The second-order valence-corrected chi connectivity index (χ2v) is 8.73. The summed E-state index contributed by atoms with van der Waals surface area (Å²) in [5.41, 5.74) is 5.22. The lowest BCUT2D eigenvalue weighted by Crippen LogP contribution is -2.48. The molecule has 1 saturated heterocycles. The van der Waals surface area contributed by atoms with Gasteiger partial charge in [-0.3, -0.25) is 9.69 Å². The SMILES string of the molecule is COC(=O)c1c(NC(=O)CN2CCN(c3cccc(C)c3C)CC2)sc(C)c1C. The molecule has 29 heavy (non-hydrogen) atoms. The van der Waals surface area contributed by atoms with Gasteiger partial charge >= 0.3 is 5.97 Å². The van der Waals surface area contributed by atoms with Crippen LogP contribution in [0.15, 0.2) is 18.2 Å². The van der Waals surface area contributed by atoms with Crippen LogP contribution in [0.2, 0.25) is 0 Å². The number of nitrogens with zero attached hydrogens (tertiary/aromatic N) is 2. The maximum atomic E-state index is 12.6. The van der Waals surface area contributed by atoms with E-state index in [0.717, 1.165) is 36.6 Å². The van der Waals surface area contributed by atoms with Crippen molar-refractivity contribution in [2.24, 2.45) is 0 Å². The number of anilines is 2. The molecule has 1 N–H and O–H groups in total. The van der Waals surface area contributed by atoms with Gasteiger partial charge in [0.25, 0.3) is 0 Å². The topological polar surface area (TPSA) is 61.9 Å². The van der Waals surface area contributed by atoms with Crippen molar-refractivity contribution in [2.45, 2.75) is 27.7 Å². The molecule has 0 atom stereocenters. The van der Waals surface area contributed by atoms with E-state index in [9.17, 15) is 9.59 Å². The van der Waals surface area contributed by atoms with E-state index in [1.54, 1.807) is 0 Å². The molecule has 1 aromatic heterocycles. The van der Waals surface area contributed by atoms with Crippen LogP contribution in [0.1, 0.15) is 31.9 Å². The molecule has 1 amide bonds. The molecular formula is C22H29N3O3S.